The lowest BCUT2D eigenvalue weighted by atomic mass is 10.1. The first-order valence-electron chi connectivity index (χ1n) is 6.07. The molecule has 0 aliphatic carbocycles. The Balaban J connectivity index is 2.42. The van der Waals surface area contributed by atoms with E-state index in [4.69, 9.17) is 5.26 Å². The van der Waals surface area contributed by atoms with Gasteiger partial charge in [0.2, 0.25) is 0 Å². The lowest BCUT2D eigenvalue weighted by Crippen LogP contribution is -2.55. The number of hydrogen-bond donors (Lipinski definition) is 1. The summed E-state index contributed by atoms with van der Waals surface area (Å²) in [6.45, 7) is 9.87. The van der Waals surface area contributed by atoms with Crippen LogP contribution < -0.4 is 0 Å². The normalized spacial score (nSPS) is 27.3. The molecule has 0 amide bonds. The van der Waals surface area contributed by atoms with E-state index in [0.717, 1.165) is 26.2 Å². The van der Waals surface area contributed by atoms with Crippen LogP contribution in [0.2, 0.25) is 0 Å². The van der Waals surface area contributed by atoms with Crippen LogP contribution in [0, 0.1) is 11.3 Å². The highest BCUT2D eigenvalue weighted by Gasteiger charge is 2.26. The minimum absolute atomic E-state index is 0.259. The Labute approximate surface area is 98.5 Å². The Morgan fingerprint density at radius 3 is 2.62 bits per heavy atom. The van der Waals surface area contributed by atoms with Crippen LogP contribution in [0.15, 0.2) is 0 Å². The molecule has 0 radical (unpaired) electrons. The van der Waals surface area contributed by atoms with Crippen molar-refractivity contribution in [1.29, 1.82) is 5.26 Å². The summed E-state index contributed by atoms with van der Waals surface area (Å²) in [5.41, 5.74) is 0. The zero-order chi connectivity index (χ0) is 12.1. The molecule has 1 saturated heterocycles. The molecule has 0 unspecified atom stereocenters. The molecule has 1 fully saturated rings. The molecular formula is C12H23N3O. The first kappa shape index (κ1) is 13.4. The second-order valence-electron chi connectivity index (χ2n) is 4.90. The Hall–Kier alpha value is -0.630. The van der Waals surface area contributed by atoms with E-state index in [1.165, 1.54) is 0 Å². The summed E-state index contributed by atoms with van der Waals surface area (Å²) in [5, 5.41) is 18.1. The van der Waals surface area contributed by atoms with Crippen molar-refractivity contribution in [2.75, 3.05) is 26.2 Å². The molecule has 1 N–H and O–H groups in total. The van der Waals surface area contributed by atoms with Gasteiger partial charge in [0, 0.05) is 38.3 Å². The van der Waals surface area contributed by atoms with Crippen LogP contribution in [0.1, 0.15) is 27.2 Å². The summed E-state index contributed by atoms with van der Waals surface area (Å²) in [6, 6.07) is 3.04. The van der Waals surface area contributed by atoms with E-state index in [9.17, 15) is 5.11 Å². The lowest BCUT2D eigenvalue weighted by Gasteiger charge is -2.42. The van der Waals surface area contributed by atoms with Crippen LogP contribution in [0.25, 0.3) is 0 Å². The van der Waals surface area contributed by atoms with E-state index < -0.39 is 0 Å². The maximum Gasteiger partial charge on any atom is 0.0639 e. The highest BCUT2D eigenvalue weighted by molar-refractivity contribution is 4.86. The summed E-state index contributed by atoms with van der Waals surface area (Å²) in [6.07, 6.45) is 0.342. The number of aliphatic hydroxyl groups excluding tert-OH is 1. The Kier molecular flexibility index (Phi) is 5.20. The zero-order valence-corrected chi connectivity index (χ0v) is 10.6. The molecule has 4 heteroatoms. The summed E-state index contributed by atoms with van der Waals surface area (Å²) in [5.74, 6) is 0. The molecule has 16 heavy (non-hydrogen) atoms. The number of aliphatic hydroxyl groups is 1. The average Bonchev–Trinajstić information content (AvgIpc) is 2.20. The molecule has 0 spiro atoms. The van der Waals surface area contributed by atoms with Crippen LogP contribution in [-0.2, 0) is 0 Å². The second kappa shape index (κ2) is 6.19. The van der Waals surface area contributed by atoms with E-state index in [2.05, 4.69) is 29.7 Å². The van der Waals surface area contributed by atoms with Gasteiger partial charge in [0.05, 0.1) is 18.6 Å². The molecule has 0 aromatic heterocycles. The predicted octanol–water partition coefficient (Wildman–Crippen LogP) is 0.675. The fourth-order valence-corrected chi connectivity index (χ4v) is 2.30. The van der Waals surface area contributed by atoms with Crippen molar-refractivity contribution in [1.82, 2.24) is 9.80 Å². The Bertz CT molecular complexity index is 249. The highest BCUT2D eigenvalue weighted by Crippen LogP contribution is 2.14. The van der Waals surface area contributed by atoms with Crippen molar-refractivity contribution in [2.24, 2.45) is 0 Å². The molecule has 0 saturated carbocycles. The van der Waals surface area contributed by atoms with Crippen molar-refractivity contribution < 1.29 is 5.11 Å². The molecule has 0 aromatic carbocycles. The second-order valence-corrected chi connectivity index (χ2v) is 4.90. The van der Waals surface area contributed by atoms with E-state index in [1.807, 2.05) is 6.92 Å². The van der Waals surface area contributed by atoms with Crippen LogP contribution in [0.3, 0.4) is 0 Å². The highest BCUT2D eigenvalue weighted by atomic mass is 16.3. The lowest BCUT2D eigenvalue weighted by molar-refractivity contribution is 0.0315. The molecule has 0 aromatic rings. The van der Waals surface area contributed by atoms with Crippen molar-refractivity contribution >= 4 is 0 Å². The first-order chi connectivity index (χ1) is 7.54. The number of β-amino-alcohol motifs (C(OH)–C–C–N with tert-alkyl or cyclic N) is 1. The number of nitriles is 1. The minimum atomic E-state index is -0.259. The van der Waals surface area contributed by atoms with Gasteiger partial charge < -0.3 is 5.11 Å². The van der Waals surface area contributed by atoms with E-state index in [1.54, 1.807) is 0 Å². The van der Waals surface area contributed by atoms with Gasteiger partial charge >= 0.3 is 0 Å². The van der Waals surface area contributed by atoms with Gasteiger partial charge in [-0.05, 0) is 20.8 Å². The van der Waals surface area contributed by atoms with E-state index >= 15 is 0 Å². The van der Waals surface area contributed by atoms with Crippen molar-refractivity contribution in [3.05, 3.63) is 0 Å². The van der Waals surface area contributed by atoms with Crippen molar-refractivity contribution in [3.63, 3.8) is 0 Å². The van der Waals surface area contributed by atoms with Gasteiger partial charge in [0.15, 0.2) is 0 Å². The fourth-order valence-electron chi connectivity index (χ4n) is 2.30. The maximum atomic E-state index is 9.38. The van der Waals surface area contributed by atoms with Gasteiger partial charge in [0.25, 0.3) is 0 Å². The quantitative estimate of drug-likeness (QED) is 0.764. The molecule has 1 rings (SSSR count). The number of piperazine rings is 1. The van der Waals surface area contributed by atoms with Crippen molar-refractivity contribution in [2.45, 2.75) is 45.4 Å². The summed E-state index contributed by atoms with van der Waals surface area (Å²) in [4.78, 5) is 4.69. The zero-order valence-electron chi connectivity index (χ0n) is 10.6. The SMILES string of the molecule is C[C@H](O)CN1CCN([C@@H](C)CC#N)C[C@H]1C. The summed E-state index contributed by atoms with van der Waals surface area (Å²) < 4.78 is 0. The van der Waals surface area contributed by atoms with Crippen molar-refractivity contribution in [3.8, 4) is 6.07 Å². The van der Waals surface area contributed by atoms with Gasteiger partial charge in [-0.1, -0.05) is 0 Å². The largest absolute Gasteiger partial charge is 0.392 e. The van der Waals surface area contributed by atoms with Crippen LogP contribution >= 0.6 is 0 Å². The van der Waals surface area contributed by atoms with Crippen LogP contribution in [0.5, 0.6) is 0 Å². The third kappa shape index (κ3) is 3.75. The topological polar surface area (TPSA) is 50.5 Å². The number of nitrogens with zero attached hydrogens (tertiary/aromatic N) is 3. The molecule has 0 bridgehead atoms. The van der Waals surface area contributed by atoms with Gasteiger partial charge in [0.1, 0.15) is 0 Å². The minimum Gasteiger partial charge on any atom is -0.392 e. The summed E-state index contributed by atoms with van der Waals surface area (Å²) >= 11 is 0. The number of hydrogen-bond acceptors (Lipinski definition) is 4. The van der Waals surface area contributed by atoms with E-state index in [0.29, 0.717) is 18.5 Å². The third-order valence-corrected chi connectivity index (χ3v) is 3.31. The molecule has 92 valence electrons. The number of rotatable bonds is 4. The van der Waals surface area contributed by atoms with Gasteiger partial charge in [-0.25, -0.2) is 0 Å². The smallest absolute Gasteiger partial charge is 0.0639 e. The molecule has 1 heterocycles. The molecular weight excluding hydrogens is 202 g/mol. The maximum absolute atomic E-state index is 9.38. The molecule has 1 aliphatic rings. The predicted molar refractivity (Wildman–Crippen MR) is 64.0 cm³/mol. The average molecular weight is 225 g/mol. The van der Waals surface area contributed by atoms with Crippen LogP contribution in [-0.4, -0.2) is 59.3 Å². The Morgan fingerprint density at radius 2 is 2.12 bits per heavy atom. The van der Waals surface area contributed by atoms with E-state index in [-0.39, 0.29) is 6.10 Å². The monoisotopic (exact) mass is 225 g/mol. The first-order valence-corrected chi connectivity index (χ1v) is 6.07. The fraction of sp³-hybridized carbons (Fsp3) is 0.917. The van der Waals surface area contributed by atoms with Gasteiger partial charge in [-0.15, -0.1) is 0 Å². The van der Waals surface area contributed by atoms with Gasteiger partial charge in [-0.3, -0.25) is 9.80 Å². The van der Waals surface area contributed by atoms with Crippen LogP contribution in [0.4, 0.5) is 0 Å². The Morgan fingerprint density at radius 1 is 1.44 bits per heavy atom. The molecule has 1 aliphatic heterocycles. The standard InChI is InChI=1S/C12H23N3O/c1-10(4-5-13)14-6-7-15(9-12(3)16)11(2)8-14/h10-12,16H,4,6-9H2,1-3H3/t10-,11+,12-/m0/s1. The third-order valence-electron chi connectivity index (χ3n) is 3.31. The summed E-state index contributed by atoms with van der Waals surface area (Å²) in [7, 11) is 0. The molecule has 4 nitrogen and oxygen atoms in total. The molecule has 3 atom stereocenters. The van der Waals surface area contributed by atoms with Gasteiger partial charge in [-0.2, -0.15) is 5.26 Å².